The van der Waals surface area contributed by atoms with Gasteiger partial charge in [0.15, 0.2) is 0 Å². The third-order valence-electron chi connectivity index (χ3n) is 5.35. The molecule has 1 spiro atoms. The van der Waals surface area contributed by atoms with Gasteiger partial charge in [0, 0.05) is 22.7 Å². The molecular formula is C19H18F2N4O3. The van der Waals surface area contributed by atoms with E-state index in [9.17, 15) is 13.6 Å². The molecule has 2 aliphatic rings. The van der Waals surface area contributed by atoms with Crippen LogP contribution in [0, 0.1) is 17.0 Å². The predicted molar refractivity (Wildman–Crippen MR) is 96.8 cm³/mol. The van der Waals surface area contributed by atoms with Crippen molar-refractivity contribution in [2.45, 2.75) is 25.3 Å². The highest BCUT2D eigenvalue weighted by molar-refractivity contribution is 5.86. The van der Waals surface area contributed by atoms with Gasteiger partial charge in [0.05, 0.1) is 12.8 Å². The maximum atomic E-state index is 14.7. The van der Waals surface area contributed by atoms with Crippen molar-refractivity contribution in [2.24, 2.45) is 16.1 Å². The summed E-state index contributed by atoms with van der Waals surface area (Å²) in [6.07, 6.45) is 1.78. The van der Waals surface area contributed by atoms with Gasteiger partial charge in [-0.05, 0) is 44.0 Å². The fraction of sp³-hybridized carbons (Fsp3) is 0.316. The molecule has 1 fully saturated rings. The minimum Gasteiger partial charge on any atom is -0.465 e. The summed E-state index contributed by atoms with van der Waals surface area (Å²) < 4.78 is 37.9. The second kappa shape index (κ2) is 6.43. The first-order valence-corrected chi connectivity index (χ1v) is 8.70. The standard InChI is InChI=1S/C19H18F2N4O3/c1-18(19(6-7-19)10-27-16(22)25-18)13-8-12(3-4-14(13)21)24-17(26)28-15-5-2-11(20)9-23-15/h2-5,8-9H,6-7,10H2,1H3,(H2,22,25)(H,24,26)/t18-/m1/s1. The average molecular weight is 388 g/mol. The Morgan fingerprint density at radius 1 is 1.29 bits per heavy atom. The van der Waals surface area contributed by atoms with Crippen LogP contribution in [0.4, 0.5) is 19.3 Å². The zero-order chi connectivity index (χ0) is 19.9. The van der Waals surface area contributed by atoms with E-state index >= 15 is 0 Å². The Balaban J connectivity index is 1.58. The monoisotopic (exact) mass is 388 g/mol. The number of pyridine rings is 1. The molecule has 2 heterocycles. The molecule has 3 N–H and O–H groups in total. The van der Waals surface area contributed by atoms with Crippen molar-refractivity contribution in [1.82, 2.24) is 4.98 Å². The van der Waals surface area contributed by atoms with Crippen LogP contribution in [-0.2, 0) is 10.3 Å². The first kappa shape index (κ1) is 18.1. The molecule has 1 atom stereocenters. The Labute approximate surface area is 159 Å². The van der Waals surface area contributed by atoms with Crippen molar-refractivity contribution < 1.29 is 23.0 Å². The minimum absolute atomic E-state index is 0.0135. The summed E-state index contributed by atoms with van der Waals surface area (Å²) in [5.41, 5.74) is 5.16. The van der Waals surface area contributed by atoms with E-state index in [4.69, 9.17) is 15.2 Å². The number of aromatic nitrogens is 1. The van der Waals surface area contributed by atoms with Gasteiger partial charge in [0.25, 0.3) is 6.02 Å². The first-order chi connectivity index (χ1) is 13.3. The molecule has 28 heavy (non-hydrogen) atoms. The van der Waals surface area contributed by atoms with Gasteiger partial charge < -0.3 is 15.2 Å². The van der Waals surface area contributed by atoms with Crippen molar-refractivity contribution in [1.29, 1.82) is 0 Å². The lowest BCUT2D eigenvalue weighted by Crippen LogP contribution is -2.43. The molecule has 146 valence electrons. The van der Waals surface area contributed by atoms with Gasteiger partial charge >= 0.3 is 6.09 Å². The van der Waals surface area contributed by atoms with Gasteiger partial charge in [0.1, 0.15) is 17.2 Å². The van der Waals surface area contributed by atoms with Crippen molar-refractivity contribution in [3.05, 3.63) is 53.7 Å². The van der Waals surface area contributed by atoms with Gasteiger partial charge in [-0.25, -0.2) is 23.6 Å². The van der Waals surface area contributed by atoms with Crippen LogP contribution >= 0.6 is 0 Å². The number of carbonyl (C=O) groups is 1. The normalized spacial score (nSPS) is 22.2. The summed E-state index contributed by atoms with van der Waals surface area (Å²) in [5, 5.41) is 2.52. The van der Waals surface area contributed by atoms with Crippen LogP contribution in [0.15, 0.2) is 41.5 Å². The smallest absolute Gasteiger partial charge is 0.418 e. The van der Waals surface area contributed by atoms with Crippen LogP contribution in [0.2, 0.25) is 0 Å². The summed E-state index contributed by atoms with van der Waals surface area (Å²) in [5.74, 6) is -1.06. The quantitative estimate of drug-likeness (QED) is 0.841. The molecule has 0 bridgehead atoms. The van der Waals surface area contributed by atoms with Crippen LogP contribution < -0.4 is 15.8 Å². The highest BCUT2D eigenvalue weighted by Gasteiger charge is 2.61. The molecule has 4 rings (SSSR count). The van der Waals surface area contributed by atoms with Crippen LogP contribution in [0.5, 0.6) is 5.88 Å². The van der Waals surface area contributed by atoms with Crippen LogP contribution in [0.1, 0.15) is 25.3 Å². The molecular weight excluding hydrogens is 370 g/mol. The number of anilines is 1. The molecule has 1 saturated carbocycles. The summed E-state index contributed by atoms with van der Waals surface area (Å²) in [4.78, 5) is 20.1. The number of halogens is 2. The van der Waals surface area contributed by atoms with Crippen LogP contribution in [-0.4, -0.2) is 23.7 Å². The Kier molecular flexibility index (Phi) is 4.17. The number of hydrogen-bond acceptors (Lipinski definition) is 6. The Hall–Kier alpha value is -3.23. The number of amides is 1. The molecule has 1 aliphatic heterocycles. The maximum Gasteiger partial charge on any atom is 0.418 e. The van der Waals surface area contributed by atoms with Gasteiger partial charge in [-0.1, -0.05) is 0 Å². The second-order valence-electron chi connectivity index (χ2n) is 7.12. The summed E-state index contributed by atoms with van der Waals surface area (Å²) in [6.45, 7) is 2.19. The van der Waals surface area contributed by atoms with Gasteiger partial charge in [0.2, 0.25) is 5.88 Å². The molecule has 0 unspecified atom stereocenters. The zero-order valence-electron chi connectivity index (χ0n) is 15.0. The van der Waals surface area contributed by atoms with Gasteiger partial charge in [-0.3, -0.25) is 5.32 Å². The highest BCUT2D eigenvalue weighted by atomic mass is 19.1. The number of carbonyl (C=O) groups excluding carboxylic acids is 1. The zero-order valence-corrected chi connectivity index (χ0v) is 15.0. The van der Waals surface area contributed by atoms with E-state index < -0.39 is 23.3 Å². The van der Waals surface area contributed by atoms with E-state index in [1.54, 1.807) is 0 Å². The fourth-order valence-electron chi connectivity index (χ4n) is 3.49. The van der Waals surface area contributed by atoms with Gasteiger partial charge in [-0.15, -0.1) is 0 Å². The molecule has 1 aromatic carbocycles. The molecule has 1 amide bonds. The molecule has 1 aromatic heterocycles. The van der Waals surface area contributed by atoms with Crippen LogP contribution in [0.25, 0.3) is 0 Å². The van der Waals surface area contributed by atoms with Crippen molar-refractivity contribution in [3.8, 4) is 5.88 Å². The summed E-state index contributed by atoms with van der Waals surface area (Å²) in [6, 6.07) is 6.53. The van der Waals surface area contributed by atoms with Crippen molar-refractivity contribution >= 4 is 17.8 Å². The largest absolute Gasteiger partial charge is 0.465 e. The molecule has 0 saturated heterocycles. The number of aliphatic imine (C=N–C) groups is 1. The molecule has 1 aliphatic carbocycles. The van der Waals surface area contributed by atoms with Crippen LogP contribution in [0.3, 0.4) is 0 Å². The van der Waals surface area contributed by atoms with Crippen molar-refractivity contribution in [3.63, 3.8) is 0 Å². The highest BCUT2D eigenvalue weighted by Crippen LogP contribution is 2.62. The lowest BCUT2D eigenvalue weighted by molar-refractivity contribution is 0.114. The average Bonchev–Trinajstić information content (AvgIpc) is 3.44. The maximum absolute atomic E-state index is 14.7. The third kappa shape index (κ3) is 3.12. The Morgan fingerprint density at radius 2 is 2.07 bits per heavy atom. The SMILES string of the molecule is C[C@]1(c2cc(NC(=O)Oc3ccc(F)cn3)ccc2F)N=C(N)OCC12CC2. The summed E-state index contributed by atoms with van der Waals surface area (Å²) >= 11 is 0. The van der Waals surface area contributed by atoms with E-state index in [2.05, 4.69) is 15.3 Å². The third-order valence-corrected chi connectivity index (χ3v) is 5.35. The number of nitrogens with zero attached hydrogens (tertiary/aromatic N) is 2. The number of nitrogens with two attached hydrogens (primary N) is 1. The van der Waals surface area contributed by atoms with E-state index in [0.29, 0.717) is 17.9 Å². The molecule has 2 aromatic rings. The van der Waals surface area contributed by atoms with Crippen molar-refractivity contribution in [2.75, 3.05) is 11.9 Å². The van der Waals surface area contributed by atoms with E-state index in [0.717, 1.165) is 25.1 Å². The summed E-state index contributed by atoms with van der Waals surface area (Å²) in [7, 11) is 0. The molecule has 7 nitrogen and oxygen atoms in total. The lowest BCUT2D eigenvalue weighted by Gasteiger charge is -2.38. The Morgan fingerprint density at radius 3 is 2.75 bits per heavy atom. The van der Waals surface area contributed by atoms with E-state index in [1.165, 1.54) is 24.3 Å². The number of rotatable bonds is 3. The molecule has 9 heteroatoms. The second-order valence-corrected chi connectivity index (χ2v) is 7.12. The van der Waals surface area contributed by atoms with E-state index in [1.807, 2.05) is 6.92 Å². The number of nitrogens with one attached hydrogen (secondary N) is 1. The topological polar surface area (TPSA) is 98.8 Å². The van der Waals surface area contributed by atoms with E-state index in [-0.39, 0.29) is 17.3 Å². The number of amidine groups is 1. The Bertz CT molecular complexity index is 960. The number of hydrogen-bond donors (Lipinski definition) is 2. The fourth-order valence-corrected chi connectivity index (χ4v) is 3.49. The first-order valence-electron chi connectivity index (χ1n) is 8.70. The minimum atomic E-state index is -0.903. The number of ether oxygens (including phenoxy) is 2. The van der Waals surface area contributed by atoms with Gasteiger partial charge in [-0.2, -0.15) is 0 Å². The predicted octanol–water partition coefficient (Wildman–Crippen LogP) is 3.31. The molecule has 0 radical (unpaired) electrons. The lowest BCUT2D eigenvalue weighted by atomic mass is 9.76. The number of benzene rings is 1.